The maximum absolute atomic E-state index is 12.6. The molecule has 1 heterocycles. The van der Waals surface area contributed by atoms with E-state index in [0.717, 1.165) is 26.3 Å². The van der Waals surface area contributed by atoms with E-state index in [1.54, 1.807) is 6.07 Å². The van der Waals surface area contributed by atoms with Crippen LogP contribution in [0.1, 0.15) is 28.9 Å². The Labute approximate surface area is 154 Å². The Bertz CT molecular complexity index is 699. The van der Waals surface area contributed by atoms with E-state index in [2.05, 4.69) is 22.3 Å². The van der Waals surface area contributed by atoms with Crippen LogP contribution in [0.25, 0.3) is 0 Å². The van der Waals surface area contributed by atoms with Gasteiger partial charge in [-0.25, -0.2) is 0 Å². The van der Waals surface area contributed by atoms with Crippen LogP contribution in [0.3, 0.4) is 0 Å². The fraction of sp³-hybridized carbons (Fsp3) is 0.381. The van der Waals surface area contributed by atoms with Crippen molar-refractivity contribution in [1.82, 2.24) is 10.2 Å². The lowest BCUT2D eigenvalue weighted by atomic mass is 10.0. The summed E-state index contributed by atoms with van der Waals surface area (Å²) in [5, 5.41) is 3.09. The summed E-state index contributed by atoms with van der Waals surface area (Å²) in [6.45, 7) is 6.27. The third-order valence-corrected chi connectivity index (χ3v) is 4.53. The number of carbonyl (C=O) groups is 1. The number of hydrogen-bond donors (Lipinski definition) is 1. The fourth-order valence-corrected chi connectivity index (χ4v) is 3.21. The SMILES string of the molecule is CCOc1cccc(C(=O)NCC(c2ccccc2)N2CCOCC2)c1. The Morgan fingerprint density at radius 2 is 1.92 bits per heavy atom. The minimum absolute atomic E-state index is 0.0826. The lowest BCUT2D eigenvalue weighted by molar-refractivity contribution is 0.0162. The summed E-state index contributed by atoms with van der Waals surface area (Å²) in [6.07, 6.45) is 0. The molecule has 1 fully saturated rings. The van der Waals surface area contributed by atoms with Crippen molar-refractivity contribution in [3.63, 3.8) is 0 Å². The van der Waals surface area contributed by atoms with Gasteiger partial charge in [-0.1, -0.05) is 36.4 Å². The number of ether oxygens (including phenoxy) is 2. The van der Waals surface area contributed by atoms with Crippen LogP contribution >= 0.6 is 0 Å². The van der Waals surface area contributed by atoms with Gasteiger partial charge in [-0.2, -0.15) is 0 Å². The van der Waals surface area contributed by atoms with Gasteiger partial charge in [0.2, 0.25) is 0 Å². The summed E-state index contributed by atoms with van der Waals surface area (Å²) >= 11 is 0. The molecular formula is C21H26N2O3. The molecule has 1 amide bonds. The lowest BCUT2D eigenvalue weighted by Gasteiger charge is -2.35. The molecule has 0 aliphatic carbocycles. The third-order valence-electron chi connectivity index (χ3n) is 4.53. The molecule has 26 heavy (non-hydrogen) atoms. The van der Waals surface area contributed by atoms with E-state index in [4.69, 9.17) is 9.47 Å². The minimum Gasteiger partial charge on any atom is -0.494 e. The largest absolute Gasteiger partial charge is 0.494 e. The Balaban J connectivity index is 1.69. The maximum Gasteiger partial charge on any atom is 0.251 e. The molecular weight excluding hydrogens is 328 g/mol. The summed E-state index contributed by atoms with van der Waals surface area (Å²) in [5.74, 6) is 0.633. The number of rotatable bonds is 7. The second-order valence-corrected chi connectivity index (χ2v) is 6.25. The van der Waals surface area contributed by atoms with Crippen LogP contribution in [0.5, 0.6) is 5.75 Å². The van der Waals surface area contributed by atoms with E-state index < -0.39 is 0 Å². The molecule has 2 aromatic carbocycles. The molecule has 0 radical (unpaired) electrons. The van der Waals surface area contributed by atoms with Gasteiger partial charge in [-0.05, 0) is 30.7 Å². The average Bonchev–Trinajstić information content (AvgIpc) is 2.70. The van der Waals surface area contributed by atoms with Crippen molar-refractivity contribution >= 4 is 5.91 Å². The molecule has 1 saturated heterocycles. The predicted molar refractivity (Wildman–Crippen MR) is 102 cm³/mol. The summed E-state index contributed by atoms with van der Waals surface area (Å²) in [7, 11) is 0. The Hall–Kier alpha value is -2.37. The second kappa shape index (κ2) is 9.36. The van der Waals surface area contributed by atoms with Crippen molar-refractivity contribution in [3.8, 4) is 5.75 Å². The molecule has 1 atom stereocenters. The van der Waals surface area contributed by atoms with Gasteiger partial charge in [0.25, 0.3) is 5.91 Å². The lowest BCUT2D eigenvalue weighted by Crippen LogP contribution is -2.43. The molecule has 1 aliphatic heterocycles. The van der Waals surface area contributed by atoms with E-state index in [9.17, 15) is 4.79 Å². The zero-order chi connectivity index (χ0) is 18.2. The quantitative estimate of drug-likeness (QED) is 0.831. The summed E-state index contributed by atoms with van der Waals surface area (Å²) in [6, 6.07) is 17.7. The molecule has 0 bridgehead atoms. The molecule has 3 rings (SSSR count). The van der Waals surface area contributed by atoms with Gasteiger partial charge in [0, 0.05) is 25.2 Å². The summed E-state index contributed by atoms with van der Waals surface area (Å²) in [5.41, 5.74) is 1.82. The van der Waals surface area contributed by atoms with Gasteiger partial charge in [0.1, 0.15) is 5.75 Å². The average molecular weight is 354 g/mol. The van der Waals surface area contributed by atoms with Gasteiger partial charge in [-0.3, -0.25) is 9.69 Å². The van der Waals surface area contributed by atoms with Crippen LogP contribution in [0.4, 0.5) is 0 Å². The molecule has 1 aliphatic rings. The minimum atomic E-state index is -0.0826. The maximum atomic E-state index is 12.6. The molecule has 1 N–H and O–H groups in total. The van der Waals surface area contributed by atoms with Crippen molar-refractivity contribution in [2.75, 3.05) is 39.5 Å². The van der Waals surface area contributed by atoms with E-state index in [1.165, 1.54) is 5.56 Å². The first-order valence-corrected chi connectivity index (χ1v) is 9.15. The van der Waals surface area contributed by atoms with Crippen molar-refractivity contribution in [1.29, 1.82) is 0 Å². The summed E-state index contributed by atoms with van der Waals surface area (Å²) < 4.78 is 11.0. The first kappa shape index (κ1) is 18.4. The highest BCUT2D eigenvalue weighted by atomic mass is 16.5. The van der Waals surface area contributed by atoms with Crippen LogP contribution in [-0.4, -0.2) is 50.3 Å². The number of nitrogens with one attached hydrogen (secondary N) is 1. The van der Waals surface area contributed by atoms with Crippen LogP contribution < -0.4 is 10.1 Å². The van der Waals surface area contributed by atoms with Crippen molar-refractivity contribution in [3.05, 3.63) is 65.7 Å². The van der Waals surface area contributed by atoms with E-state index in [0.29, 0.717) is 24.5 Å². The molecule has 1 unspecified atom stereocenters. The number of amides is 1. The van der Waals surface area contributed by atoms with E-state index >= 15 is 0 Å². The van der Waals surface area contributed by atoms with Crippen LogP contribution in [0.2, 0.25) is 0 Å². The van der Waals surface area contributed by atoms with E-state index in [1.807, 2.05) is 43.3 Å². The van der Waals surface area contributed by atoms with Crippen molar-refractivity contribution in [2.24, 2.45) is 0 Å². The topological polar surface area (TPSA) is 50.8 Å². The highest BCUT2D eigenvalue weighted by Crippen LogP contribution is 2.21. The molecule has 0 aromatic heterocycles. The Kier molecular flexibility index (Phi) is 6.63. The van der Waals surface area contributed by atoms with Gasteiger partial charge >= 0.3 is 0 Å². The van der Waals surface area contributed by atoms with Crippen LogP contribution in [0, 0.1) is 0 Å². The molecule has 2 aromatic rings. The number of morpholine rings is 1. The van der Waals surface area contributed by atoms with Gasteiger partial charge < -0.3 is 14.8 Å². The van der Waals surface area contributed by atoms with Crippen molar-refractivity contribution in [2.45, 2.75) is 13.0 Å². The molecule has 138 valence electrons. The highest BCUT2D eigenvalue weighted by Gasteiger charge is 2.23. The van der Waals surface area contributed by atoms with E-state index in [-0.39, 0.29) is 11.9 Å². The number of benzene rings is 2. The predicted octanol–water partition coefficient (Wildman–Crippen LogP) is 2.89. The standard InChI is InChI=1S/C21H26N2O3/c1-2-26-19-10-6-9-18(15-19)21(24)22-16-20(17-7-4-3-5-8-17)23-11-13-25-14-12-23/h3-10,15,20H,2,11-14,16H2,1H3,(H,22,24). The molecule has 5 nitrogen and oxygen atoms in total. The first-order valence-electron chi connectivity index (χ1n) is 9.15. The summed E-state index contributed by atoms with van der Waals surface area (Å²) in [4.78, 5) is 15.0. The number of hydrogen-bond acceptors (Lipinski definition) is 4. The number of nitrogens with zero attached hydrogens (tertiary/aromatic N) is 1. The van der Waals surface area contributed by atoms with Gasteiger partial charge in [0.15, 0.2) is 0 Å². The van der Waals surface area contributed by atoms with Gasteiger partial charge in [-0.15, -0.1) is 0 Å². The van der Waals surface area contributed by atoms with Crippen molar-refractivity contribution < 1.29 is 14.3 Å². The zero-order valence-corrected chi connectivity index (χ0v) is 15.2. The number of carbonyl (C=O) groups excluding carboxylic acids is 1. The highest BCUT2D eigenvalue weighted by molar-refractivity contribution is 5.94. The Morgan fingerprint density at radius 3 is 2.65 bits per heavy atom. The van der Waals surface area contributed by atoms with Gasteiger partial charge in [0.05, 0.1) is 25.9 Å². The first-order chi connectivity index (χ1) is 12.8. The normalized spacial score (nSPS) is 16.0. The monoisotopic (exact) mass is 354 g/mol. The Morgan fingerprint density at radius 1 is 1.15 bits per heavy atom. The fourth-order valence-electron chi connectivity index (χ4n) is 3.21. The molecule has 5 heteroatoms. The zero-order valence-electron chi connectivity index (χ0n) is 15.2. The third kappa shape index (κ3) is 4.84. The molecule has 0 spiro atoms. The smallest absolute Gasteiger partial charge is 0.251 e. The molecule has 0 saturated carbocycles. The van der Waals surface area contributed by atoms with Crippen LogP contribution in [-0.2, 0) is 4.74 Å². The second-order valence-electron chi connectivity index (χ2n) is 6.25. The van der Waals surface area contributed by atoms with Crippen LogP contribution in [0.15, 0.2) is 54.6 Å².